The molecule has 192 valence electrons. The number of methoxy groups -OCH3 is 1. The van der Waals surface area contributed by atoms with Gasteiger partial charge in [-0.25, -0.2) is 8.42 Å². The fourth-order valence-corrected chi connectivity index (χ4v) is 6.53. The maximum atomic E-state index is 14.3. The molecule has 0 spiro atoms. The van der Waals surface area contributed by atoms with Crippen molar-refractivity contribution in [1.82, 2.24) is 4.31 Å². The molecule has 0 saturated heterocycles. The van der Waals surface area contributed by atoms with Crippen molar-refractivity contribution in [2.45, 2.75) is 43.7 Å². The molecule has 1 unspecified atom stereocenters. The predicted octanol–water partition coefficient (Wildman–Crippen LogP) is 5.37. The molecule has 1 aliphatic heterocycles. The molecule has 8 heteroatoms. The molecule has 0 radical (unpaired) electrons. The number of anilines is 3. The standard InChI is InChI=1S/C28H35N3O4S/c1-5-6-10-23-20-30(22-11-8-7-9-12-22)26-17-25(29(2)3)27(32)18-28(26)36(33,34)31(23)19-21-13-15-24(35-4)16-14-21/h7-9,11-18,23,32H,5-6,10,19-20H2,1-4H3. The Morgan fingerprint density at radius 2 is 1.75 bits per heavy atom. The van der Waals surface area contributed by atoms with Gasteiger partial charge in [-0.1, -0.05) is 50.1 Å². The maximum absolute atomic E-state index is 14.3. The van der Waals surface area contributed by atoms with Crippen LogP contribution in [0.4, 0.5) is 17.1 Å². The normalized spacial score (nSPS) is 17.3. The van der Waals surface area contributed by atoms with Gasteiger partial charge in [0.05, 0.1) is 18.5 Å². The summed E-state index contributed by atoms with van der Waals surface area (Å²) in [5.74, 6) is 0.661. The lowest BCUT2D eigenvalue weighted by Crippen LogP contribution is -2.43. The first kappa shape index (κ1) is 25.9. The summed E-state index contributed by atoms with van der Waals surface area (Å²) in [6, 6.07) is 20.3. The van der Waals surface area contributed by atoms with Crippen LogP contribution in [0.2, 0.25) is 0 Å². The van der Waals surface area contributed by atoms with E-state index in [1.165, 1.54) is 6.07 Å². The van der Waals surface area contributed by atoms with Crippen molar-refractivity contribution in [1.29, 1.82) is 0 Å². The Bertz CT molecular complexity index is 1280. The fourth-order valence-electron chi connectivity index (χ4n) is 4.70. The Hall–Kier alpha value is -3.23. The van der Waals surface area contributed by atoms with Crippen molar-refractivity contribution < 1.29 is 18.3 Å². The van der Waals surface area contributed by atoms with Gasteiger partial charge in [-0.05, 0) is 42.3 Å². The van der Waals surface area contributed by atoms with Crippen LogP contribution in [0.25, 0.3) is 0 Å². The second-order valence-corrected chi connectivity index (χ2v) is 11.2. The predicted molar refractivity (Wildman–Crippen MR) is 145 cm³/mol. The molecule has 1 atom stereocenters. The van der Waals surface area contributed by atoms with Crippen molar-refractivity contribution >= 4 is 27.1 Å². The highest BCUT2D eigenvalue weighted by molar-refractivity contribution is 7.89. The van der Waals surface area contributed by atoms with Gasteiger partial charge in [0, 0.05) is 45.0 Å². The van der Waals surface area contributed by atoms with Crippen LogP contribution in [-0.2, 0) is 16.6 Å². The number of fused-ring (bicyclic) bond motifs is 1. The van der Waals surface area contributed by atoms with E-state index in [0.717, 1.165) is 36.3 Å². The molecule has 3 aromatic rings. The van der Waals surface area contributed by atoms with Crippen LogP contribution in [0.1, 0.15) is 31.7 Å². The van der Waals surface area contributed by atoms with Crippen LogP contribution in [-0.4, -0.2) is 51.6 Å². The maximum Gasteiger partial charge on any atom is 0.245 e. The number of ether oxygens (including phenoxy) is 1. The Balaban J connectivity index is 1.90. The molecule has 4 rings (SSSR count). The first-order valence-electron chi connectivity index (χ1n) is 12.3. The highest BCUT2D eigenvalue weighted by Gasteiger charge is 2.39. The summed E-state index contributed by atoms with van der Waals surface area (Å²) in [5, 5.41) is 10.8. The monoisotopic (exact) mass is 509 g/mol. The molecule has 0 amide bonds. The first-order chi connectivity index (χ1) is 17.3. The minimum absolute atomic E-state index is 0.0632. The number of phenols is 1. The number of nitrogens with zero attached hydrogens (tertiary/aromatic N) is 3. The summed E-state index contributed by atoms with van der Waals surface area (Å²) in [6.07, 6.45) is 2.61. The van der Waals surface area contributed by atoms with E-state index in [1.807, 2.05) is 68.7 Å². The van der Waals surface area contributed by atoms with Crippen molar-refractivity contribution in [3.63, 3.8) is 0 Å². The van der Waals surface area contributed by atoms with E-state index in [4.69, 9.17) is 4.74 Å². The van der Waals surface area contributed by atoms with Gasteiger partial charge in [0.25, 0.3) is 0 Å². The van der Waals surface area contributed by atoms with Gasteiger partial charge >= 0.3 is 0 Å². The lowest BCUT2D eigenvalue weighted by atomic mass is 10.1. The molecule has 1 heterocycles. The number of aromatic hydroxyl groups is 1. The summed E-state index contributed by atoms with van der Waals surface area (Å²) in [4.78, 5) is 3.98. The van der Waals surface area contributed by atoms with Crippen LogP contribution < -0.4 is 14.5 Å². The number of phenolic OH excluding ortho intramolecular Hbond substituents is 1. The van der Waals surface area contributed by atoms with Gasteiger partial charge in [-0.15, -0.1) is 0 Å². The molecule has 0 aromatic heterocycles. The third-order valence-electron chi connectivity index (χ3n) is 6.67. The van der Waals surface area contributed by atoms with Crippen LogP contribution in [0, 0.1) is 0 Å². The second-order valence-electron chi connectivity index (χ2n) is 9.34. The van der Waals surface area contributed by atoms with Gasteiger partial charge in [-0.2, -0.15) is 4.31 Å². The third-order valence-corrected chi connectivity index (χ3v) is 8.60. The van der Waals surface area contributed by atoms with Crippen LogP contribution in [0.3, 0.4) is 0 Å². The number of sulfonamides is 1. The van der Waals surface area contributed by atoms with E-state index in [-0.39, 0.29) is 23.2 Å². The SMILES string of the molecule is CCCCC1CN(c2ccccc2)c2cc(N(C)C)c(O)cc2S(=O)(=O)N1Cc1ccc(OC)cc1. The van der Waals surface area contributed by atoms with Gasteiger partial charge in [-0.3, -0.25) is 0 Å². The molecular formula is C28H35N3O4S. The van der Waals surface area contributed by atoms with Crippen LogP contribution >= 0.6 is 0 Å². The molecule has 3 aromatic carbocycles. The summed E-state index contributed by atoms with van der Waals surface area (Å²) >= 11 is 0. The molecule has 0 aliphatic carbocycles. The third kappa shape index (κ3) is 5.15. The minimum atomic E-state index is -3.94. The molecule has 1 aliphatic rings. The smallest absolute Gasteiger partial charge is 0.245 e. The lowest BCUT2D eigenvalue weighted by molar-refractivity contribution is 0.300. The zero-order valence-electron chi connectivity index (χ0n) is 21.4. The Labute approximate surface area is 214 Å². The highest BCUT2D eigenvalue weighted by atomic mass is 32.2. The number of unbranched alkanes of at least 4 members (excludes halogenated alkanes) is 1. The van der Waals surface area contributed by atoms with E-state index >= 15 is 0 Å². The van der Waals surface area contributed by atoms with Crippen molar-refractivity contribution in [3.8, 4) is 11.5 Å². The van der Waals surface area contributed by atoms with E-state index in [9.17, 15) is 13.5 Å². The number of hydrogen-bond acceptors (Lipinski definition) is 6. The summed E-state index contributed by atoms with van der Waals surface area (Å²) in [5.41, 5.74) is 2.93. The largest absolute Gasteiger partial charge is 0.506 e. The first-order valence-corrected chi connectivity index (χ1v) is 13.7. The summed E-state index contributed by atoms with van der Waals surface area (Å²) in [6.45, 7) is 2.85. The van der Waals surface area contributed by atoms with E-state index in [0.29, 0.717) is 17.9 Å². The van der Waals surface area contributed by atoms with Crippen molar-refractivity contribution in [2.24, 2.45) is 0 Å². The highest BCUT2D eigenvalue weighted by Crippen LogP contribution is 2.44. The zero-order chi connectivity index (χ0) is 25.9. The minimum Gasteiger partial charge on any atom is -0.506 e. The van der Waals surface area contributed by atoms with Crippen LogP contribution in [0.15, 0.2) is 71.6 Å². The topological polar surface area (TPSA) is 73.3 Å². The van der Waals surface area contributed by atoms with Crippen LogP contribution in [0.5, 0.6) is 11.5 Å². The van der Waals surface area contributed by atoms with Gasteiger partial charge in [0.2, 0.25) is 10.0 Å². The number of hydrogen-bond donors (Lipinski definition) is 1. The summed E-state index contributed by atoms with van der Waals surface area (Å²) in [7, 11) is 1.34. The van der Waals surface area contributed by atoms with E-state index < -0.39 is 10.0 Å². The van der Waals surface area contributed by atoms with Crippen molar-refractivity contribution in [3.05, 3.63) is 72.3 Å². The Morgan fingerprint density at radius 1 is 1.06 bits per heavy atom. The van der Waals surface area contributed by atoms with Gasteiger partial charge in [0.15, 0.2) is 0 Å². The molecule has 7 nitrogen and oxygen atoms in total. The quantitative estimate of drug-likeness (QED) is 0.440. The van der Waals surface area contributed by atoms with Crippen molar-refractivity contribution in [2.75, 3.05) is 37.5 Å². The fraction of sp³-hybridized carbons (Fsp3) is 0.357. The molecular weight excluding hydrogens is 474 g/mol. The summed E-state index contributed by atoms with van der Waals surface area (Å²) < 4.78 is 35.5. The molecule has 0 fully saturated rings. The average molecular weight is 510 g/mol. The number of benzene rings is 3. The Kier molecular flexibility index (Phi) is 7.76. The second kappa shape index (κ2) is 10.8. The average Bonchev–Trinajstić information content (AvgIpc) is 2.96. The van der Waals surface area contributed by atoms with Gasteiger partial charge in [0.1, 0.15) is 16.4 Å². The molecule has 1 N–H and O–H groups in total. The number of para-hydroxylation sites is 1. The molecule has 0 saturated carbocycles. The molecule has 0 bridgehead atoms. The van der Waals surface area contributed by atoms with Gasteiger partial charge < -0.3 is 19.6 Å². The van der Waals surface area contributed by atoms with E-state index in [1.54, 1.807) is 22.4 Å². The Morgan fingerprint density at radius 3 is 2.36 bits per heavy atom. The van der Waals surface area contributed by atoms with E-state index in [2.05, 4.69) is 11.8 Å². The lowest BCUT2D eigenvalue weighted by Gasteiger charge is -2.32. The zero-order valence-corrected chi connectivity index (χ0v) is 22.2. The number of rotatable bonds is 8. The molecule has 36 heavy (non-hydrogen) atoms.